The Hall–Kier alpha value is -2.97. The van der Waals surface area contributed by atoms with Crippen LogP contribution in [-0.2, 0) is 0 Å². The van der Waals surface area contributed by atoms with Gasteiger partial charge < -0.3 is 20.1 Å². The Morgan fingerprint density at radius 2 is 1.79 bits per heavy atom. The maximum absolute atomic E-state index is 12.1. The Kier molecular flexibility index (Phi) is 7.06. The third kappa shape index (κ3) is 5.08. The monoisotopic (exact) mass is 480 g/mol. The van der Waals surface area contributed by atoms with Crippen molar-refractivity contribution in [3.05, 3.63) is 47.8 Å². The minimum Gasteiger partial charge on any atom is -0.490 e. The van der Waals surface area contributed by atoms with E-state index in [1.807, 2.05) is 23.6 Å². The lowest BCUT2D eigenvalue weighted by Crippen LogP contribution is -2.46. The van der Waals surface area contributed by atoms with Crippen LogP contribution in [0.25, 0.3) is 10.1 Å². The Bertz CT molecular complexity index is 1130. The van der Waals surface area contributed by atoms with Gasteiger partial charge in [-0.2, -0.15) is 0 Å². The van der Waals surface area contributed by atoms with Crippen LogP contribution < -0.4 is 25.0 Å². The number of fused-ring (bicyclic) bond motifs is 2. The molecular formula is C26H32N4O3S. The normalized spacial score (nSPS) is 16.4. The molecule has 0 radical (unpaired) electrons. The molecule has 3 aromatic rings. The highest BCUT2D eigenvalue weighted by Gasteiger charge is 2.20. The average Bonchev–Trinajstić information content (AvgIpc) is 3.13. The Labute approximate surface area is 204 Å². The SMILES string of the molecule is NC(=O)N(CCCCN1CCN(c2ccc3c(c2)OCCCO3)CC1)c1csc2ccccc12. The van der Waals surface area contributed by atoms with Gasteiger partial charge in [0.05, 0.1) is 18.9 Å². The summed E-state index contributed by atoms with van der Waals surface area (Å²) < 4.78 is 12.8. The fourth-order valence-electron chi connectivity index (χ4n) is 4.71. The van der Waals surface area contributed by atoms with Crippen LogP contribution in [0.3, 0.4) is 0 Å². The van der Waals surface area contributed by atoms with Gasteiger partial charge in [0.1, 0.15) is 0 Å². The number of ether oxygens (including phenoxy) is 2. The zero-order valence-electron chi connectivity index (χ0n) is 19.4. The van der Waals surface area contributed by atoms with Crippen molar-refractivity contribution in [3.63, 3.8) is 0 Å². The molecule has 8 heteroatoms. The minimum atomic E-state index is -0.382. The number of rotatable bonds is 7. The highest BCUT2D eigenvalue weighted by molar-refractivity contribution is 7.17. The first-order chi connectivity index (χ1) is 16.7. The van der Waals surface area contributed by atoms with Gasteiger partial charge in [0.25, 0.3) is 0 Å². The number of piperazine rings is 1. The fourth-order valence-corrected chi connectivity index (χ4v) is 5.66. The molecule has 1 aromatic heterocycles. The summed E-state index contributed by atoms with van der Waals surface area (Å²) in [5.41, 5.74) is 7.85. The molecule has 0 atom stereocenters. The van der Waals surface area contributed by atoms with E-state index in [2.05, 4.69) is 34.1 Å². The van der Waals surface area contributed by atoms with E-state index in [1.165, 1.54) is 10.4 Å². The molecule has 0 saturated carbocycles. The van der Waals surface area contributed by atoms with E-state index in [0.29, 0.717) is 19.8 Å². The Morgan fingerprint density at radius 3 is 2.62 bits per heavy atom. The number of nitrogens with zero attached hydrogens (tertiary/aromatic N) is 3. The number of nitrogens with two attached hydrogens (primary N) is 1. The highest BCUT2D eigenvalue weighted by atomic mass is 32.1. The van der Waals surface area contributed by atoms with Crippen LogP contribution in [0.4, 0.5) is 16.2 Å². The number of anilines is 2. The van der Waals surface area contributed by atoms with Gasteiger partial charge in [0, 0.05) is 66.4 Å². The van der Waals surface area contributed by atoms with E-state index in [4.69, 9.17) is 15.2 Å². The molecule has 2 aromatic carbocycles. The van der Waals surface area contributed by atoms with Crippen LogP contribution >= 0.6 is 11.3 Å². The second kappa shape index (κ2) is 10.5. The van der Waals surface area contributed by atoms with E-state index in [-0.39, 0.29) is 6.03 Å². The largest absolute Gasteiger partial charge is 0.490 e. The maximum Gasteiger partial charge on any atom is 0.319 e. The smallest absolute Gasteiger partial charge is 0.319 e. The van der Waals surface area contributed by atoms with Crippen molar-refractivity contribution < 1.29 is 14.3 Å². The van der Waals surface area contributed by atoms with Crippen LogP contribution in [-0.4, -0.2) is 63.4 Å². The van der Waals surface area contributed by atoms with Crippen molar-refractivity contribution in [2.75, 3.05) is 62.3 Å². The molecule has 2 N–H and O–H groups in total. The number of carbonyl (C=O) groups excluding carboxylic acids is 1. The summed E-state index contributed by atoms with van der Waals surface area (Å²) >= 11 is 1.65. The van der Waals surface area contributed by atoms with Gasteiger partial charge >= 0.3 is 6.03 Å². The lowest BCUT2D eigenvalue weighted by Gasteiger charge is -2.36. The number of amides is 2. The lowest BCUT2D eigenvalue weighted by molar-refractivity contribution is 0.249. The van der Waals surface area contributed by atoms with Crippen molar-refractivity contribution in [3.8, 4) is 11.5 Å². The Morgan fingerprint density at radius 1 is 1.00 bits per heavy atom. The average molecular weight is 481 g/mol. The zero-order chi connectivity index (χ0) is 23.3. The molecule has 0 bridgehead atoms. The summed E-state index contributed by atoms with van der Waals surface area (Å²) in [5.74, 6) is 1.70. The van der Waals surface area contributed by atoms with E-state index in [9.17, 15) is 4.79 Å². The molecule has 3 heterocycles. The van der Waals surface area contributed by atoms with Gasteiger partial charge in [-0.15, -0.1) is 11.3 Å². The van der Waals surface area contributed by atoms with Crippen molar-refractivity contribution in [1.29, 1.82) is 0 Å². The first-order valence-electron chi connectivity index (χ1n) is 12.1. The minimum absolute atomic E-state index is 0.382. The fraction of sp³-hybridized carbons (Fsp3) is 0.423. The van der Waals surface area contributed by atoms with E-state index in [1.54, 1.807) is 16.2 Å². The van der Waals surface area contributed by atoms with Gasteiger partial charge in [0.2, 0.25) is 0 Å². The van der Waals surface area contributed by atoms with Crippen LogP contribution in [0.1, 0.15) is 19.3 Å². The standard InChI is InChI=1S/C26H32N4O3S/c27-26(31)30(22-19-34-25-7-2-1-6-21(22)25)11-4-3-10-28-12-14-29(15-13-28)20-8-9-23-24(18-20)33-17-5-16-32-23/h1-2,6-9,18-19H,3-5,10-17H2,(H2,27,31). The van der Waals surface area contributed by atoms with Gasteiger partial charge in [0.15, 0.2) is 11.5 Å². The summed E-state index contributed by atoms with van der Waals surface area (Å²) in [6.45, 7) is 7.15. The summed E-state index contributed by atoms with van der Waals surface area (Å²) in [6.07, 6.45) is 2.88. The first kappa shape index (κ1) is 22.8. The molecule has 0 unspecified atom stereocenters. The Balaban J connectivity index is 1.09. The lowest BCUT2D eigenvalue weighted by atomic mass is 10.2. The highest BCUT2D eigenvalue weighted by Crippen LogP contribution is 2.34. The van der Waals surface area contributed by atoms with Crippen LogP contribution in [0.2, 0.25) is 0 Å². The molecule has 5 rings (SSSR count). The molecule has 2 amide bonds. The van der Waals surface area contributed by atoms with Gasteiger partial charge in [-0.05, 0) is 37.6 Å². The summed E-state index contributed by atoms with van der Waals surface area (Å²) in [4.78, 5) is 18.8. The topological polar surface area (TPSA) is 71.3 Å². The number of hydrogen-bond donors (Lipinski definition) is 1. The predicted octanol–water partition coefficient (Wildman–Crippen LogP) is 4.55. The van der Waals surface area contributed by atoms with Gasteiger partial charge in [-0.3, -0.25) is 9.80 Å². The molecular weight excluding hydrogens is 448 g/mol. The maximum atomic E-state index is 12.1. The molecule has 7 nitrogen and oxygen atoms in total. The van der Waals surface area contributed by atoms with Crippen molar-refractivity contribution in [2.45, 2.75) is 19.3 Å². The predicted molar refractivity (Wildman–Crippen MR) is 139 cm³/mol. The second-order valence-corrected chi connectivity index (χ2v) is 9.74. The molecule has 1 fully saturated rings. The van der Waals surface area contributed by atoms with Crippen LogP contribution in [0.15, 0.2) is 47.8 Å². The van der Waals surface area contributed by atoms with Crippen molar-refractivity contribution >= 4 is 38.8 Å². The van der Waals surface area contributed by atoms with Crippen LogP contribution in [0.5, 0.6) is 11.5 Å². The number of primary amides is 1. The van der Waals surface area contributed by atoms with E-state index >= 15 is 0 Å². The number of hydrogen-bond acceptors (Lipinski definition) is 6. The number of carbonyl (C=O) groups is 1. The number of unbranched alkanes of at least 4 members (excludes halogenated alkanes) is 1. The number of thiophene rings is 1. The molecule has 180 valence electrons. The van der Waals surface area contributed by atoms with Crippen molar-refractivity contribution in [2.24, 2.45) is 5.73 Å². The third-order valence-corrected chi connectivity index (χ3v) is 7.54. The number of benzene rings is 2. The van der Waals surface area contributed by atoms with Crippen LogP contribution in [0, 0.1) is 0 Å². The van der Waals surface area contributed by atoms with E-state index in [0.717, 1.165) is 74.6 Å². The molecule has 0 aliphatic carbocycles. The molecule has 0 spiro atoms. The van der Waals surface area contributed by atoms with Gasteiger partial charge in [-0.1, -0.05) is 18.2 Å². The number of urea groups is 1. The second-order valence-electron chi connectivity index (χ2n) is 8.82. The third-order valence-electron chi connectivity index (χ3n) is 6.59. The van der Waals surface area contributed by atoms with E-state index < -0.39 is 0 Å². The molecule has 34 heavy (non-hydrogen) atoms. The summed E-state index contributed by atoms with van der Waals surface area (Å²) in [6, 6.07) is 14.1. The molecule has 1 saturated heterocycles. The molecule has 2 aliphatic rings. The van der Waals surface area contributed by atoms with Crippen molar-refractivity contribution in [1.82, 2.24) is 4.90 Å². The summed E-state index contributed by atoms with van der Waals surface area (Å²) in [7, 11) is 0. The molecule has 2 aliphatic heterocycles. The zero-order valence-corrected chi connectivity index (χ0v) is 20.3. The van der Waals surface area contributed by atoms with Gasteiger partial charge in [-0.25, -0.2) is 4.79 Å². The quantitative estimate of drug-likeness (QED) is 0.503. The first-order valence-corrected chi connectivity index (χ1v) is 13.0. The summed E-state index contributed by atoms with van der Waals surface area (Å²) in [5, 5.41) is 3.13.